The van der Waals surface area contributed by atoms with Gasteiger partial charge in [0.2, 0.25) is 0 Å². The summed E-state index contributed by atoms with van der Waals surface area (Å²) in [7, 11) is 0. The molecule has 15 heavy (non-hydrogen) atoms. The smallest absolute Gasteiger partial charge is 0.150 e. The van der Waals surface area contributed by atoms with E-state index in [-0.39, 0.29) is 5.41 Å². The fourth-order valence-corrected chi connectivity index (χ4v) is 1.85. The summed E-state index contributed by atoms with van der Waals surface area (Å²) in [6.07, 6.45) is 1.07. The lowest BCUT2D eigenvalue weighted by Crippen LogP contribution is -2.26. The SMILES string of the molecule is CC(C)(C)c1cc(N2CC[C@H](N)C2)n[nH]1. The number of H-pyrrole nitrogens is 1. The minimum atomic E-state index is 0.132. The van der Waals surface area contributed by atoms with E-state index < -0.39 is 0 Å². The van der Waals surface area contributed by atoms with Crippen molar-refractivity contribution >= 4 is 5.82 Å². The highest BCUT2D eigenvalue weighted by Crippen LogP contribution is 2.25. The minimum absolute atomic E-state index is 0.132. The summed E-state index contributed by atoms with van der Waals surface area (Å²) in [5.41, 5.74) is 7.19. The minimum Gasteiger partial charge on any atom is -0.354 e. The summed E-state index contributed by atoms with van der Waals surface area (Å²) in [5, 5.41) is 7.45. The van der Waals surface area contributed by atoms with Gasteiger partial charge in [-0.3, -0.25) is 5.10 Å². The topological polar surface area (TPSA) is 57.9 Å². The van der Waals surface area contributed by atoms with Gasteiger partial charge < -0.3 is 10.6 Å². The van der Waals surface area contributed by atoms with Gasteiger partial charge in [0.15, 0.2) is 5.82 Å². The molecule has 0 amide bonds. The van der Waals surface area contributed by atoms with Crippen molar-refractivity contribution in [2.24, 2.45) is 5.73 Å². The van der Waals surface area contributed by atoms with Crippen molar-refractivity contribution in [2.75, 3.05) is 18.0 Å². The van der Waals surface area contributed by atoms with E-state index in [4.69, 9.17) is 5.73 Å². The van der Waals surface area contributed by atoms with Crippen LogP contribution in [0.2, 0.25) is 0 Å². The summed E-state index contributed by atoms with van der Waals surface area (Å²) in [4.78, 5) is 2.25. The summed E-state index contributed by atoms with van der Waals surface area (Å²) in [5.74, 6) is 1.04. The average Bonchev–Trinajstić information content (AvgIpc) is 2.69. The predicted octanol–water partition coefficient (Wildman–Crippen LogP) is 1.24. The van der Waals surface area contributed by atoms with Crippen LogP contribution in [0.5, 0.6) is 0 Å². The monoisotopic (exact) mass is 208 g/mol. The van der Waals surface area contributed by atoms with Gasteiger partial charge in [-0.2, -0.15) is 5.10 Å². The molecule has 4 heteroatoms. The molecule has 0 radical (unpaired) electrons. The first-order valence-corrected chi connectivity index (χ1v) is 5.53. The van der Waals surface area contributed by atoms with Gasteiger partial charge in [0.1, 0.15) is 0 Å². The molecule has 1 aromatic rings. The second-order valence-electron chi connectivity index (χ2n) is 5.38. The number of hydrogen-bond acceptors (Lipinski definition) is 3. The Balaban J connectivity index is 2.14. The standard InChI is InChI=1S/C11H20N4/c1-11(2,3)9-6-10(14-13-9)15-5-4-8(12)7-15/h6,8H,4-5,7,12H2,1-3H3,(H,13,14)/t8-/m0/s1. The predicted molar refractivity (Wildman–Crippen MR) is 62.1 cm³/mol. The molecule has 0 saturated carbocycles. The maximum absolute atomic E-state index is 5.88. The van der Waals surface area contributed by atoms with E-state index >= 15 is 0 Å². The molecule has 0 aliphatic carbocycles. The van der Waals surface area contributed by atoms with Crippen molar-refractivity contribution in [3.63, 3.8) is 0 Å². The molecule has 2 rings (SSSR count). The molecular weight excluding hydrogens is 188 g/mol. The Hall–Kier alpha value is -1.03. The third kappa shape index (κ3) is 2.15. The normalized spacial score (nSPS) is 22.4. The number of rotatable bonds is 1. The largest absolute Gasteiger partial charge is 0.354 e. The Morgan fingerprint density at radius 1 is 1.53 bits per heavy atom. The van der Waals surface area contributed by atoms with Crippen LogP contribution < -0.4 is 10.6 Å². The van der Waals surface area contributed by atoms with Crippen LogP contribution >= 0.6 is 0 Å². The lowest BCUT2D eigenvalue weighted by molar-refractivity contribution is 0.567. The Labute approximate surface area is 90.8 Å². The highest BCUT2D eigenvalue weighted by Gasteiger charge is 2.23. The Bertz CT molecular complexity index is 337. The van der Waals surface area contributed by atoms with E-state index in [1.165, 1.54) is 5.69 Å². The Morgan fingerprint density at radius 3 is 2.73 bits per heavy atom. The molecule has 1 aliphatic heterocycles. The molecule has 0 unspecified atom stereocenters. The van der Waals surface area contributed by atoms with Crippen LogP contribution in [0, 0.1) is 0 Å². The molecule has 4 nitrogen and oxygen atoms in total. The molecule has 1 saturated heterocycles. The first kappa shape index (κ1) is 10.5. The highest BCUT2D eigenvalue weighted by atomic mass is 15.3. The summed E-state index contributed by atoms with van der Waals surface area (Å²) >= 11 is 0. The average molecular weight is 208 g/mol. The molecule has 2 heterocycles. The van der Waals surface area contributed by atoms with Crippen molar-refractivity contribution in [1.29, 1.82) is 0 Å². The van der Waals surface area contributed by atoms with Crippen LogP contribution in [-0.4, -0.2) is 29.3 Å². The molecule has 0 aromatic carbocycles. The molecular formula is C11H20N4. The van der Waals surface area contributed by atoms with Crippen LogP contribution in [-0.2, 0) is 5.41 Å². The van der Waals surface area contributed by atoms with E-state index in [0.717, 1.165) is 25.3 Å². The van der Waals surface area contributed by atoms with Gasteiger partial charge >= 0.3 is 0 Å². The van der Waals surface area contributed by atoms with Gasteiger partial charge in [0.25, 0.3) is 0 Å². The molecule has 0 spiro atoms. The van der Waals surface area contributed by atoms with Crippen LogP contribution in [0.3, 0.4) is 0 Å². The Morgan fingerprint density at radius 2 is 2.27 bits per heavy atom. The van der Waals surface area contributed by atoms with Crippen molar-refractivity contribution in [3.05, 3.63) is 11.8 Å². The fourth-order valence-electron chi connectivity index (χ4n) is 1.85. The highest BCUT2D eigenvalue weighted by molar-refractivity contribution is 5.42. The number of aromatic nitrogens is 2. The van der Waals surface area contributed by atoms with Crippen molar-refractivity contribution < 1.29 is 0 Å². The molecule has 1 aliphatic rings. The molecule has 1 atom stereocenters. The molecule has 0 bridgehead atoms. The zero-order valence-electron chi connectivity index (χ0n) is 9.75. The zero-order valence-corrected chi connectivity index (χ0v) is 9.75. The first-order valence-electron chi connectivity index (χ1n) is 5.53. The zero-order chi connectivity index (χ0) is 11.1. The second kappa shape index (κ2) is 3.52. The van der Waals surface area contributed by atoms with Crippen LogP contribution in [0.15, 0.2) is 6.07 Å². The van der Waals surface area contributed by atoms with Crippen LogP contribution in [0.25, 0.3) is 0 Å². The van der Waals surface area contributed by atoms with E-state index in [0.29, 0.717) is 6.04 Å². The number of nitrogens with zero attached hydrogens (tertiary/aromatic N) is 2. The van der Waals surface area contributed by atoms with E-state index in [1.54, 1.807) is 0 Å². The number of anilines is 1. The van der Waals surface area contributed by atoms with Gasteiger partial charge in [0, 0.05) is 36.3 Å². The number of nitrogens with one attached hydrogen (secondary N) is 1. The van der Waals surface area contributed by atoms with Crippen LogP contribution in [0.1, 0.15) is 32.9 Å². The second-order valence-corrected chi connectivity index (χ2v) is 5.38. The van der Waals surface area contributed by atoms with E-state index in [1.807, 2.05) is 0 Å². The van der Waals surface area contributed by atoms with Crippen molar-refractivity contribution in [2.45, 2.75) is 38.6 Å². The Kier molecular flexibility index (Phi) is 2.46. The molecule has 84 valence electrons. The fraction of sp³-hybridized carbons (Fsp3) is 0.727. The maximum Gasteiger partial charge on any atom is 0.150 e. The van der Waals surface area contributed by atoms with Gasteiger partial charge in [-0.15, -0.1) is 0 Å². The van der Waals surface area contributed by atoms with E-state index in [9.17, 15) is 0 Å². The van der Waals surface area contributed by atoms with Crippen molar-refractivity contribution in [1.82, 2.24) is 10.2 Å². The third-order valence-electron chi connectivity index (χ3n) is 2.92. The van der Waals surface area contributed by atoms with Crippen molar-refractivity contribution in [3.8, 4) is 0 Å². The summed E-state index contributed by atoms with van der Waals surface area (Å²) in [6.45, 7) is 8.49. The van der Waals surface area contributed by atoms with Gasteiger partial charge in [-0.05, 0) is 6.42 Å². The lowest BCUT2D eigenvalue weighted by atomic mass is 9.92. The van der Waals surface area contributed by atoms with Crippen LogP contribution in [0.4, 0.5) is 5.82 Å². The first-order chi connectivity index (χ1) is 6.97. The number of nitrogens with two attached hydrogens (primary N) is 1. The quantitative estimate of drug-likeness (QED) is 0.730. The van der Waals surface area contributed by atoms with Gasteiger partial charge in [-0.25, -0.2) is 0 Å². The number of hydrogen-bond donors (Lipinski definition) is 2. The molecule has 3 N–H and O–H groups in total. The third-order valence-corrected chi connectivity index (χ3v) is 2.92. The van der Waals surface area contributed by atoms with Gasteiger partial charge in [-0.1, -0.05) is 20.8 Å². The number of aromatic amines is 1. The molecule has 1 fully saturated rings. The lowest BCUT2D eigenvalue weighted by Gasteiger charge is -2.16. The van der Waals surface area contributed by atoms with E-state index in [2.05, 4.69) is 41.9 Å². The summed E-state index contributed by atoms with van der Waals surface area (Å²) in [6, 6.07) is 2.44. The van der Waals surface area contributed by atoms with Gasteiger partial charge in [0.05, 0.1) is 0 Å². The molecule has 1 aromatic heterocycles. The summed E-state index contributed by atoms with van der Waals surface area (Å²) < 4.78 is 0. The maximum atomic E-state index is 5.88.